The molecule has 2 aliphatic rings. The average molecular weight is 322 g/mol. The number of pyridine rings is 1. The highest BCUT2D eigenvalue weighted by Gasteiger charge is 2.37. The first-order valence-electron chi connectivity index (χ1n) is 8.63. The minimum atomic E-state index is -0.686. The molecular formula is C20H22N2O2. The van der Waals surface area contributed by atoms with Gasteiger partial charge in [-0.25, -0.2) is 0 Å². The van der Waals surface area contributed by atoms with Crippen LogP contribution < -0.4 is 0 Å². The fourth-order valence-corrected chi connectivity index (χ4v) is 4.47. The van der Waals surface area contributed by atoms with Crippen molar-refractivity contribution in [1.82, 2.24) is 9.88 Å². The molecule has 1 N–H and O–H groups in total. The van der Waals surface area contributed by atoms with Gasteiger partial charge in [0.05, 0.1) is 5.92 Å². The van der Waals surface area contributed by atoms with Gasteiger partial charge in [-0.3, -0.25) is 14.7 Å². The summed E-state index contributed by atoms with van der Waals surface area (Å²) in [5.74, 6) is -0.182. The number of carboxylic acids is 1. The van der Waals surface area contributed by atoms with Gasteiger partial charge in [0.15, 0.2) is 0 Å². The molecule has 0 unspecified atom stereocenters. The molecule has 124 valence electrons. The number of piperidine rings is 1. The lowest BCUT2D eigenvalue weighted by molar-refractivity contribution is -0.139. The van der Waals surface area contributed by atoms with Crippen LogP contribution in [0, 0.1) is 5.92 Å². The maximum atomic E-state index is 11.8. The van der Waals surface area contributed by atoms with Crippen LogP contribution in [-0.2, 0) is 11.3 Å². The van der Waals surface area contributed by atoms with Crippen molar-refractivity contribution in [3.63, 3.8) is 0 Å². The Morgan fingerprint density at radius 1 is 1.12 bits per heavy atom. The summed E-state index contributed by atoms with van der Waals surface area (Å²) in [5, 5.41) is 9.71. The molecule has 2 aromatic rings. The smallest absolute Gasteiger partial charge is 0.310 e. The van der Waals surface area contributed by atoms with Crippen LogP contribution in [0.25, 0.3) is 0 Å². The quantitative estimate of drug-likeness (QED) is 0.942. The Balaban J connectivity index is 1.63. The van der Waals surface area contributed by atoms with Gasteiger partial charge in [-0.05, 0) is 47.4 Å². The van der Waals surface area contributed by atoms with Crippen LogP contribution in [0.1, 0.15) is 41.4 Å². The highest BCUT2D eigenvalue weighted by molar-refractivity contribution is 5.77. The van der Waals surface area contributed by atoms with Crippen molar-refractivity contribution in [3.05, 3.63) is 65.5 Å². The summed E-state index contributed by atoms with van der Waals surface area (Å²) in [6, 6.07) is 12.2. The van der Waals surface area contributed by atoms with Crippen LogP contribution >= 0.6 is 0 Å². The monoisotopic (exact) mass is 322 g/mol. The molecule has 4 heteroatoms. The SMILES string of the molecule is O=C(O)[C@@H]1C[C@H]2C[C@H](CN(Cc3cccnc3)C2)c2ccccc21. The van der Waals surface area contributed by atoms with E-state index in [1.807, 2.05) is 30.5 Å². The van der Waals surface area contributed by atoms with Crippen LogP contribution in [0.5, 0.6) is 0 Å². The van der Waals surface area contributed by atoms with Crippen LogP contribution in [0.4, 0.5) is 0 Å². The predicted octanol–water partition coefficient (Wildman–Crippen LogP) is 3.26. The van der Waals surface area contributed by atoms with Crippen molar-refractivity contribution < 1.29 is 9.90 Å². The van der Waals surface area contributed by atoms with E-state index in [2.05, 4.69) is 22.0 Å². The topological polar surface area (TPSA) is 53.4 Å². The van der Waals surface area contributed by atoms with E-state index in [0.29, 0.717) is 11.8 Å². The molecule has 0 saturated carbocycles. The number of nitrogens with zero attached hydrogens (tertiary/aromatic N) is 2. The maximum absolute atomic E-state index is 11.8. The summed E-state index contributed by atoms with van der Waals surface area (Å²) in [4.78, 5) is 18.5. The van der Waals surface area contributed by atoms with Crippen molar-refractivity contribution in [3.8, 4) is 0 Å². The van der Waals surface area contributed by atoms with Crippen molar-refractivity contribution in [2.24, 2.45) is 5.92 Å². The van der Waals surface area contributed by atoms with E-state index in [-0.39, 0.29) is 5.92 Å². The molecule has 1 fully saturated rings. The van der Waals surface area contributed by atoms with Crippen LogP contribution in [0.2, 0.25) is 0 Å². The number of carbonyl (C=O) groups is 1. The molecule has 3 atom stereocenters. The molecule has 2 heterocycles. The van der Waals surface area contributed by atoms with Gasteiger partial charge in [-0.15, -0.1) is 0 Å². The Kier molecular flexibility index (Phi) is 4.07. The largest absolute Gasteiger partial charge is 0.481 e. The fourth-order valence-electron chi connectivity index (χ4n) is 4.47. The Labute approximate surface area is 142 Å². The zero-order chi connectivity index (χ0) is 16.5. The van der Waals surface area contributed by atoms with E-state index >= 15 is 0 Å². The number of aromatic nitrogens is 1. The van der Waals surface area contributed by atoms with E-state index in [0.717, 1.165) is 38.0 Å². The first kappa shape index (κ1) is 15.3. The second-order valence-electron chi connectivity index (χ2n) is 7.11. The van der Waals surface area contributed by atoms with Gasteiger partial charge in [0.25, 0.3) is 0 Å². The molecule has 4 nitrogen and oxygen atoms in total. The summed E-state index contributed by atoms with van der Waals surface area (Å²) in [5.41, 5.74) is 3.49. The van der Waals surface area contributed by atoms with Crippen LogP contribution in [-0.4, -0.2) is 34.0 Å². The normalized spacial score (nSPS) is 26.4. The van der Waals surface area contributed by atoms with Gasteiger partial charge >= 0.3 is 5.97 Å². The van der Waals surface area contributed by atoms with Gasteiger partial charge < -0.3 is 5.11 Å². The zero-order valence-electron chi connectivity index (χ0n) is 13.6. The Morgan fingerprint density at radius 2 is 1.96 bits per heavy atom. The summed E-state index contributed by atoms with van der Waals surface area (Å²) >= 11 is 0. The van der Waals surface area contributed by atoms with Gasteiger partial charge in [0, 0.05) is 32.0 Å². The van der Waals surface area contributed by atoms with Crippen molar-refractivity contribution in [2.45, 2.75) is 31.2 Å². The second kappa shape index (κ2) is 6.36. The van der Waals surface area contributed by atoms with Crippen LogP contribution in [0.15, 0.2) is 48.8 Å². The molecule has 1 saturated heterocycles. The number of benzene rings is 1. The molecular weight excluding hydrogens is 300 g/mol. The third kappa shape index (κ3) is 2.94. The number of fused-ring (bicyclic) bond motifs is 4. The molecule has 1 aromatic heterocycles. The molecule has 0 radical (unpaired) electrons. The summed E-state index contributed by atoms with van der Waals surface area (Å²) < 4.78 is 0. The van der Waals surface area contributed by atoms with Gasteiger partial charge in [-0.2, -0.15) is 0 Å². The minimum Gasteiger partial charge on any atom is -0.481 e. The summed E-state index contributed by atoms with van der Waals surface area (Å²) in [6.45, 7) is 2.86. The number of carboxylic acid groups (broad SMARTS) is 1. The van der Waals surface area contributed by atoms with E-state index in [9.17, 15) is 9.90 Å². The Hall–Kier alpha value is -2.20. The van der Waals surface area contributed by atoms with Gasteiger partial charge in [0.2, 0.25) is 0 Å². The minimum absolute atomic E-state index is 0.366. The van der Waals surface area contributed by atoms with Crippen molar-refractivity contribution >= 4 is 5.97 Å². The number of hydrogen-bond donors (Lipinski definition) is 1. The molecule has 0 amide bonds. The molecule has 1 aliphatic carbocycles. The van der Waals surface area contributed by atoms with Gasteiger partial charge in [-0.1, -0.05) is 30.3 Å². The predicted molar refractivity (Wildman–Crippen MR) is 91.8 cm³/mol. The first-order chi connectivity index (χ1) is 11.7. The van der Waals surface area contributed by atoms with Gasteiger partial charge in [0.1, 0.15) is 0 Å². The summed E-state index contributed by atoms with van der Waals surface area (Å²) in [7, 11) is 0. The average Bonchev–Trinajstić information content (AvgIpc) is 2.71. The van der Waals surface area contributed by atoms with Crippen molar-refractivity contribution in [2.75, 3.05) is 13.1 Å². The molecule has 4 rings (SSSR count). The first-order valence-corrected chi connectivity index (χ1v) is 8.63. The molecule has 0 spiro atoms. The second-order valence-corrected chi connectivity index (χ2v) is 7.11. The van der Waals surface area contributed by atoms with Crippen LogP contribution in [0.3, 0.4) is 0 Å². The van der Waals surface area contributed by atoms with E-state index in [1.165, 1.54) is 11.1 Å². The third-order valence-corrected chi connectivity index (χ3v) is 5.42. The standard InChI is InChI=1S/C20H22N2O2/c23-20(24)19-9-15-8-16(17-5-1-2-6-18(17)19)13-22(12-15)11-14-4-3-7-21-10-14/h1-7,10,15-16,19H,8-9,11-13H2,(H,23,24)/t15-,16-,19-/m1/s1. The fraction of sp³-hybridized carbons (Fsp3) is 0.400. The molecule has 2 bridgehead atoms. The zero-order valence-corrected chi connectivity index (χ0v) is 13.6. The molecule has 1 aromatic carbocycles. The molecule has 1 aliphatic heterocycles. The van der Waals surface area contributed by atoms with E-state index in [4.69, 9.17) is 0 Å². The third-order valence-electron chi connectivity index (χ3n) is 5.42. The highest BCUT2D eigenvalue weighted by Crippen LogP contribution is 2.43. The number of rotatable bonds is 3. The number of likely N-dealkylation sites (tertiary alicyclic amines) is 1. The van der Waals surface area contributed by atoms with E-state index in [1.54, 1.807) is 6.20 Å². The van der Waals surface area contributed by atoms with E-state index < -0.39 is 5.97 Å². The highest BCUT2D eigenvalue weighted by atomic mass is 16.4. The molecule has 24 heavy (non-hydrogen) atoms. The van der Waals surface area contributed by atoms with Crippen molar-refractivity contribution in [1.29, 1.82) is 0 Å². The Bertz CT molecular complexity index is 731. The lowest BCUT2D eigenvalue weighted by Gasteiger charge is -2.37. The lowest BCUT2D eigenvalue weighted by atomic mass is 9.85. The summed E-state index contributed by atoms with van der Waals surface area (Å²) in [6.07, 6.45) is 5.57. The maximum Gasteiger partial charge on any atom is 0.310 e. The lowest BCUT2D eigenvalue weighted by Crippen LogP contribution is -2.38. The Morgan fingerprint density at radius 3 is 2.71 bits per heavy atom. The number of hydrogen-bond acceptors (Lipinski definition) is 3. The number of aliphatic carboxylic acids is 1.